The first kappa shape index (κ1) is 18.2. The predicted molar refractivity (Wildman–Crippen MR) is 106 cm³/mol. The molecular formula is C23H23NO4. The van der Waals surface area contributed by atoms with Crippen LogP contribution in [0.25, 0.3) is 11.3 Å². The molecule has 144 valence electrons. The fourth-order valence-electron chi connectivity index (χ4n) is 3.42. The molecule has 1 amide bonds. The van der Waals surface area contributed by atoms with Gasteiger partial charge in [0, 0.05) is 30.4 Å². The molecule has 3 aromatic rings. The van der Waals surface area contributed by atoms with Gasteiger partial charge < -0.3 is 19.2 Å². The second kappa shape index (κ2) is 8.21. The summed E-state index contributed by atoms with van der Waals surface area (Å²) in [4.78, 5) is 12.4. The standard InChI is InChI=1S/C23H23NO4/c1-26-17-8-6-16(7-9-17)21-12-10-18(28-21)11-13-23(25)24-20-14-15-27-22-5-3-2-4-19(20)22/h2-10,12,20H,11,13-15H2,1H3,(H,24,25). The maximum absolute atomic E-state index is 12.4. The minimum Gasteiger partial charge on any atom is -0.497 e. The summed E-state index contributed by atoms with van der Waals surface area (Å²) in [6.07, 6.45) is 1.73. The van der Waals surface area contributed by atoms with Crippen LogP contribution in [0.4, 0.5) is 0 Å². The second-order valence-electron chi connectivity index (χ2n) is 6.79. The SMILES string of the molecule is COc1ccc(-c2ccc(CCC(=O)NC3CCOc4ccccc43)o2)cc1. The van der Waals surface area contributed by atoms with Gasteiger partial charge in [-0.2, -0.15) is 0 Å². The van der Waals surface area contributed by atoms with Crippen molar-refractivity contribution in [2.45, 2.75) is 25.3 Å². The van der Waals surface area contributed by atoms with E-state index < -0.39 is 0 Å². The zero-order chi connectivity index (χ0) is 19.3. The Morgan fingerprint density at radius 1 is 1.11 bits per heavy atom. The van der Waals surface area contributed by atoms with Crippen LogP contribution in [0.3, 0.4) is 0 Å². The first-order valence-corrected chi connectivity index (χ1v) is 9.47. The molecule has 2 aromatic carbocycles. The number of ether oxygens (including phenoxy) is 2. The number of nitrogens with one attached hydrogen (secondary N) is 1. The molecular weight excluding hydrogens is 354 g/mol. The summed E-state index contributed by atoms with van der Waals surface area (Å²) >= 11 is 0. The summed E-state index contributed by atoms with van der Waals surface area (Å²) in [6, 6.07) is 19.4. The lowest BCUT2D eigenvalue weighted by molar-refractivity contribution is -0.122. The molecule has 0 fully saturated rings. The average molecular weight is 377 g/mol. The lowest BCUT2D eigenvalue weighted by Crippen LogP contribution is -2.32. The third-order valence-corrected chi connectivity index (χ3v) is 4.93. The van der Waals surface area contributed by atoms with Gasteiger partial charge in [-0.15, -0.1) is 0 Å². The van der Waals surface area contributed by atoms with E-state index in [1.165, 1.54) is 0 Å². The number of carbonyl (C=O) groups is 1. The molecule has 1 aliphatic heterocycles. The Morgan fingerprint density at radius 3 is 2.75 bits per heavy atom. The lowest BCUT2D eigenvalue weighted by atomic mass is 10.0. The van der Waals surface area contributed by atoms with Crippen molar-refractivity contribution in [3.05, 3.63) is 72.0 Å². The number of hydrogen-bond donors (Lipinski definition) is 1. The summed E-state index contributed by atoms with van der Waals surface area (Å²) in [5, 5.41) is 3.12. The van der Waals surface area contributed by atoms with E-state index >= 15 is 0 Å². The molecule has 1 unspecified atom stereocenters. The van der Waals surface area contributed by atoms with E-state index in [1.807, 2.05) is 60.7 Å². The Morgan fingerprint density at radius 2 is 1.93 bits per heavy atom. The molecule has 2 heterocycles. The summed E-state index contributed by atoms with van der Waals surface area (Å²) in [5.41, 5.74) is 2.03. The third kappa shape index (κ3) is 4.03. The summed E-state index contributed by atoms with van der Waals surface area (Å²) < 4.78 is 16.7. The van der Waals surface area contributed by atoms with Crippen LogP contribution in [0.15, 0.2) is 65.1 Å². The zero-order valence-electron chi connectivity index (χ0n) is 15.8. The second-order valence-corrected chi connectivity index (χ2v) is 6.79. The first-order chi connectivity index (χ1) is 13.7. The van der Waals surface area contributed by atoms with E-state index in [2.05, 4.69) is 5.32 Å². The van der Waals surface area contributed by atoms with Gasteiger partial charge in [-0.05, 0) is 42.5 Å². The molecule has 0 radical (unpaired) electrons. The Kier molecular flexibility index (Phi) is 5.33. The number of hydrogen-bond acceptors (Lipinski definition) is 4. The van der Waals surface area contributed by atoms with Crippen LogP contribution in [0.5, 0.6) is 11.5 Å². The van der Waals surface area contributed by atoms with Crippen molar-refractivity contribution < 1.29 is 18.7 Å². The highest BCUT2D eigenvalue weighted by molar-refractivity contribution is 5.77. The predicted octanol–water partition coefficient (Wildman–Crippen LogP) is 4.53. The van der Waals surface area contributed by atoms with Crippen LogP contribution in [0.1, 0.15) is 30.2 Å². The number of methoxy groups -OCH3 is 1. The Bertz CT molecular complexity index is 945. The van der Waals surface area contributed by atoms with Gasteiger partial charge in [0.1, 0.15) is 23.0 Å². The highest BCUT2D eigenvalue weighted by Gasteiger charge is 2.22. The van der Waals surface area contributed by atoms with Gasteiger partial charge in [0.2, 0.25) is 5.91 Å². The molecule has 1 aliphatic rings. The maximum atomic E-state index is 12.4. The molecule has 28 heavy (non-hydrogen) atoms. The van der Waals surface area contributed by atoms with Crippen molar-refractivity contribution >= 4 is 5.91 Å². The van der Waals surface area contributed by atoms with Crippen molar-refractivity contribution in [1.82, 2.24) is 5.32 Å². The summed E-state index contributed by atoms with van der Waals surface area (Å²) in [7, 11) is 1.64. The van der Waals surface area contributed by atoms with Gasteiger partial charge >= 0.3 is 0 Å². The van der Waals surface area contributed by atoms with E-state index in [1.54, 1.807) is 7.11 Å². The monoisotopic (exact) mass is 377 g/mol. The minimum absolute atomic E-state index is 0.00362. The summed E-state index contributed by atoms with van der Waals surface area (Å²) in [6.45, 7) is 0.616. The Hall–Kier alpha value is -3.21. The van der Waals surface area contributed by atoms with Gasteiger partial charge in [-0.25, -0.2) is 0 Å². The topological polar surface area (TPSA) is 60.7 Å². The zero-order valence-corrected chi connectivity index (χ0v) is 15.8. The molecule has 1 N–H and O–H groups in total. The molecule has 4 rings (SSSR count). The van der Waals surface area contributed by atoms with Crippen molar-refractivity contribution in [2.75, 3.05) is 13.7 Å². The smallest absolute Gasteiger partial charge is 0.220 e. The molecule has 1 aromatic heterocycles. The molecule has 0 bridgehead atoms. The minimum atomic E-state index is 0.00362. The van der Waals surface area contributed by atoms with Crippen molar-refractivity contribution in [3.63, 3.8) is 0 Å². The quantitative estimate of drug-likeness (QED) is 0.686. The fraction of sp³-hybridized carbons (Fsp3) is 0.261. The Labute approximate surface area is 164 Å². The van der Waals surface area contributed by atoms with Crippen LogP contribution >= 0.6 is 0 Å². The number of para-hydroxylation sites is 1. The van der Waals surface area contributed by atoms with Gasteiger partial charge in [0.25, 0.3) is 0 Å². The van der Waals surface area contributed by atoms with Crippen LogP contribution in [0, 0.1) is 0 Å². The van der Waals surface area contributed by atoms with Gasteiger partial charge in [-0.1, -0.05) is 18.2 Å². The van der Waals surface area contributed by atoms with E-state index in [-0.39, 0.29) is 11.9 Å². The molecule has 0 spiro atoms. The molecule has 5 heteroatoms. The largest absolute Gasteiger partial charge is 0.497 e. The van der Waals surface area contributed by atoms with Crippen LogP contribution in [-0.2, 0) is 11.2 Å². The van der Waals surface area contributed by atoms with Crippen LogP contribution in [-0.4, -0.2) is 19.6 Å². The van der Waals surface area contributed by atoms with Gasteiger partial charge in [-0.3, -0.25) is 4.79 Å². The highest BCUT2D eigenvalue weighted by Crippen LogP contribution is 2.31. The summed E-state index contributed by atoms with van der Waals surface area (Å²) in [5.74, 6) is 3.27. The third-order valence-electron chi connectivity index (χ3n) is 4.93. The maximum Gasteiger partial charge on any atom is 0.220 e. The molecule has 0 aliphatic carbocycles. The van der Waals surface area contributed by atoms with Crippen molar-refractivity contribution in [1.29, 1.82) is 0 Å². The lowest BCUT2D eigenvalue weighted by Gasteiger charge is -2.26. The fourth-order valence-corrected chi connectivity index (χ4v) is 3.42. The van der Waals surface area contributed by atoms with E-state index in [0.717, 1.165) is 40.6 Å². The van der Waals surface area contributed by atoms with Gasteiger partial charge in [0.15, 0.2) is 0 Å². The highest BCUT2D eigenvalue weighted by atomic mass is 16.5. The molecule has 1 atom stereocenters. The van der Waals surface area contributed by atoms with Crippen molar-refractivity contribution in [2.24, 2.45) is 0 Å². The van der Waals surface area contributed by atoms with Crippen LogP contribution in [0.2, 0.25) is 0 Å². The number of fused-ring (bicyclic) bond motifs is 1. The number of aryl methyl sites for hydroxylation is 1. The van der Waals surface area contributed by atoms with E-state index in [0.29, 0.717) is 19.4 Å². The number of benzene rings is 2. The van der Waals surface area contributed by atoms with Crippen molar-refractivity contribution in [3.8, 4) is 22.8 Å². The Balaban J connectivity index is 1.34. The van der Waals surface area contributed by atoms with E-state index in [4.69, 9.17) is 13.9 Å². The van der Waals surface area contributed by atoms with Crippen LogP contribution < -0.4 is 14.8 Å². The number of furan rings is 1. The number of amides is 1. The first-order valence-electron chi connectivity index (χ1n) is 9.47. The molecule has 0 saturated heterocycles. The van der Waals surface area contributed by atoms with Gasteiger partial charge in [0.05, 0.1) is 19.8 Å². The number of rotatable bonds is 6. The molecule has 5 nitrogen and oxygen atoms in total. The average Bonchev–Trinajstić information content (AvgIpc) is 3.22. The number of carbonyl (C=O) groups excluding carboxylic acids is 1. The molecule has 0 saturated carbocycles. The van der Waals surface area contributed by atoms with E-state index in [9.17, 15) is 4.79 Å². The normalized spacial score (nSPS) is 15.4.